The first-order valence-electron chi connectivity index (χ1n) is 5.76. The van der Waals surface area contributed by atoms with Crippen LogP contribution in [0.4, 0.5) is 11.6 Å². The Morgan fingerprint density at radius 1 is 1.41 bits per heavy atom. The summed E-state index contributed by atoms with van der Waals surface area (Å²) < 4.78 is 6.04. The van der Waals surface area contributed by atoms with E-state index in [9.17, 15) is 0 Å². The number of nitrogen functional groups attached to an aromatic ring is 1. The number of ether oxygens (including phenoxy) is 1. The standard InChI is InChI=1S/C11H17BrN4O/c1-17-8-4-2-7(3-5-8)15-11-10(13)14-6-9(12)16-11/h6-8H,2-5H2,1H3,(H2,13,14)(H,15,16). The number of hydrogen-bond donors (Lipinski definition) is 2. The minimum absolute atomic E-state index is 0.402. The first-order chi connectivity index (χ1) is 8.19. The summed E-state index contributed by atoms with van der Waals surface area (Å²) in [4.78, 5) is 8.35. The zero-order valence-electron chi connectivity index (χ0n) is 9.82. The highest BCUT2D eigenvalue weighted by Gasteiger charge is 2.21. The molecule has 1 aromatic heterocycles. The number of anilines is 2. The maximum Gasteiger partial charge on any atom is 0.170 e. The fourth-order valence-electron chi connectivity index (χ4n) is 2.12. The van der Waals surface area contributed by atoms with Gasteiger partial charge in [-0.2, -0.15) is 0 Å². The molecule has 1 fully saturated rings. The Morgan fingerprint density at radius 2 is 2.12 bits per heavy atom. The van der Waals surface area contributed by atoms with Crippen molar-refractivity contribution in [1.29, 1.82) is 0 Å². The number of aromatic nitrogens is 2. The Labute approximate surface area is 109 Å². The second kappa shape index (κ2) is 5.64. The van der Waals surface area contributed by atoms with Gasteiger partial charge in [-0.1, -0.05) is 0 Å². The van der Waals surface area contributed by atoms with Crippen molar-refractivity contribution in [3.63, 3.8) is 0 Å². The van der Waals surface area contributed by atoms with Crippen molar-refractivity contribution in [2.75, 3.05) is 18.2 Å². The first-order valence-corrected chi connectivity index (χ1v) is 6.55. The summed E-state index contributed by atoms with van der Waals surface area (Å²) in [7, 11) is 1.77. The van der Waals surface area contributed by atoms with Crippen molar-refractivity contribution in [3.05, 3.63) is 10.8 Å². The van der Waals surface area contributed by atoms with Crippen LogP contribution < -0.4 is 11.1 Å². The van der Waals surface area contributed by atoms with Crippen molar-refractivity contribution in [3.8, 4) is 0 Å². The zero-order chi connectivity index (χ0) is 12.3. The van der Waals surface area contributed by atoms with Gasteiger partial charge in [0.05, 0.1) is 12.3 Å². The van der Waals surface area contributed by atoms with E-state index >= 15 is 0 Å². The van der Waals surface area contributed by atoms with Gasteiger partial charge in [0.25, 0.3) is 0 Å². The third kappa shape index (κ3) is 3.29. The normalized spacial score (nSPS) is 24.6. The molecule has 1 aliphatic carbocycles. The van der Waals surface area contributed by atoms with Crippen LogP contribution in [-0.4, -0.2) is 29.2 Å². The Bertz CT molecular complexity index is 380. The van der Waals surface area contributed by atoms with Crippen LogP contribution in [0.15, 0.2) is 10.8 Å². The van der Waals surface area contributed by atoms with Crippen LogP contribution in [0.25, 0.3) is 0 Å². The Hall–Kier alpha value is -0.880. The lowest BCUT2D eigenvalue weighted by Crippen LogP contribution is -2.29. The Morgan fingerprint density at radius 3 is 2.76 bits per heavy atom. The van der Waals surface area contributed by atoms with E-state index in [1.807, 2.05) is 0 Å². The molecule has 0 saturated heterocycles. The van der Waals surface area contributed by atoms with E-state index in [4.69, 9.17) is 10.5 Å². The topological polar surface area (TPSA) is 73.1 Å². The first kappa shape index (κ1) is 12.6. The molecule has 1 aromatic rings. The van der Waals surface area contributed by atoms with Crippen molar-refractivity contribution in [2.45, 2.75) is 37.8 Å². The van der Waals surface area contributed by atoms with Gasteiger partial charge in [-0.15, -0.1) is 0 Å². The summed E-state index contributed by atoms with van der Waals surface area (Å²) in [5.41, 5.74) is 5.78. The van der Waals surface area contributed by atoms with E-state index < -0.39 is 0 Å². The molecule has 3 N–H and O–H groups in total. The fourth-order valence-corrected chi connectivity index (χ4v) is 2.40. The predicted octanol–water partition coefficient (Wildman–Crippen LogP) is 2.19. The van der Waals surface area contributed by atoms with Gasteiger partial charge in [0.2, 0.25) is 0 Å². The third-order valence-corrected chi connectivity index (χ3v) is 3.50. The minimum Gasteiger partial charge on any atom is -0.381 e. The quantitative estimate of drug-likeness (QED) is 0.895. The van der Waals surface area contributed by atoms with Crippen LogP contribution in [0.3, 0.4) is 0 Å². The van der Waals surface area contributed by atoms with Gasteiger partial charge >= 0.3 is 0 Å². The second-order valence-electron chi connectivity index (χ2n) is 4.28. The van der Waals surface area contributed by atoms with E-state index in [2.05, 4.69) is 31.2 Å². The van der Waals surface area contributed by atoms with Gasteiger partial charge in [0.15, 0.2) is 11.6 Å². The monoisotopic (exact) mass is 300 g/mol. The van der Waals surface area contributed by atoms with Crippen LogP contribution in [0.2, 0.25) is 0 Å². The van der Waals surface area contributed by atoms with Crippen molar-refractivity contribution in [1.82, 2.24) is 9.97 Å². The molecule has 0 aliphatic heterocycles. The molecule has 0 radical (unpaired) electrons. The van der Waals surface area contributed by atoms with Gasteiger partial charge in [-0.3, -0.25) is 0 Å². The maximum absolute atomic E-state index is 5.78. The summed E-state index contributed by atoms with van der Waals surface area (Å²) >= 11 is 3.29. The molecule has 0 atom stereocenters. The number of hydrogen-bond acceptors (Lipinski definition) is 5. The third-order valence-electron chi connectivity index (χ3n) is 3.12. The molecule has 0 bridgehead atoms. The van der Waals surface area contributed by atoms with Gasteiger partial charge in [0.1, 0.15) is 4.60 Å². The van der Waals surface area contributed by atoms with Crippen LogP contribution in [0.5, 0.6) is 0 Å². The SMILES string of the molecule is COC1CCC(Nc2nc(Br)cnc2N)CC1. The molecule has 0 amide bonds. The van der Waals surface area contributed by atoms with Crippen LogP contribution in [-0.2, 0) is 4.74 Å². The van der Waals surface area contributed by atoms with Gasteiger partial charge in [0, 0.05) is 13.2 Å². The number of halogens is 1. The summed E-state index contributed by atoms with van der Waals surface area (Å²) in [6, 6.07) is 0.410. The largest absolute Gasteiger partial charge is 0.381 e. The zero-order valence-corrected chi connectivity index (χ0v) is 11.4. The summed E-state index contributed by atoms with van der Waals surface area (Å²) in [6.45, 7) is 0. The van der Waals surface area contributed by atoms with Crippen molar-refractivity contribution >= 4 is 27.6 Å². The lowest BCUT2D eigenvalue weighted by Gasteiger charge is -2.28. The van der Waals surface area contributed by atoms with Gasteiger partial charge in [-0.05, 0) is 41.6 Å². The highest BCUT2D eigenvalue weighted by molar-refractivity contribution is 9.10. The van der Waals surface area contributed by atoms with E-state index in [1.165, 1.54) is 0 Å². The highest BCUT2D eigenvalue weighted by Crippen LogP contribution is 2.25. The minimum atomic E-state index is 0.402. The molecule has 1 heterocycles. The molecule has 94 valence electrons. The van der Waals surface area contributed by atoms with Crippen LogP contribution >= 0.6 is 15.9 Å². The number of methoxy groups -OCH3 is 1. The van der Waals surface area contributed by atoms with E-state index in [-0.39, 0.29) is 0 Å². The molecule has 1 saturated carbocycles. The molecule has 17 heavy (non-hydrogen) atoms. The summed E-state index contributed by atoms with van der Waals surface area (Å²) in [6.07, 6.45) is 6.31. The lowest BCUT2D eigenvalue weighted by molar-refractivity contribution is 0.0681. The summed E-state index contributed by atoms with van der Waals surface area (Å²) in [5.74, 6) is 1.11. The molecule has 0 spiro atoms. The number of nitrogens with two attached hydrogens (primary N) is 1. The number of nitrogens with one attached hydrogen (secondary N) is 1. The molecule has 6 heteroatoms. The molecule has 0 unspecified atom stereocenters. The van der Waals surface area contributed by atoms with E-state index in [1.54, 1.807) is 13.3 Å². The molecular weight excluding hydrogens is 284 g/mol. The average Bonchev–Trinajstić information content (AvgIpc) is 2.35. The van der Waals surface area contributed by atoms with Crippen LogP contribution in [0, 0.1) is 0 Å². The van der Waals surface area contributed by atoms with E-state index in [0.717, 1.165) is 25.7 Å². The maximum atomic E-state index is 5.78. The summed E-state index contributed by atoms with van der Waals surface area (Å²) in [5, 5.41) is 3.35. The number of nitrogens with zero attached hydrogens (tertiary/aromatic N) is 2. The van der Waals surface area contributed by atoms with E-state index in [0.29, 0.717) is 28.4 Å². The predicted molar refractivity (Wildman–Crippen MR) is 70.8 cm³/mol. The van der Waals surface area contributed by atoms with Gasteiger partial charge < -0.3 is 15.8 Å². The molecule has 5 nitrogen and oxygen atoms in total. The second-order valence-corrected chi connectivity index (χ2v) is 5.09. The molecule has 1 aliphatic rings. The Balaban J connectivity index is 1.95. The molecular formula is C11H17BrN4O. The van der Waals surface area contributed by atoms with Crippen molar-refractivity contribution < 1.29 is 4.74 Å². The molecule has 0 aromatic carbocycles. The Kier molecular flexibility index (Phi) is 4.17. The lowest BCUT2D eigenvalue weighted by atomic mass is 9.93. The van der Waals surface area contributed by atoms with Gasteiger partial charge in [-0.25, -0.2) is 9.97 Å². The average molecular weight is 301 g/mol. The molecule has 2 rings (SSSR count). The number of rotatable bonds is 3. The highest BCUT2D eigenvalue weighted by atomic mass is 79.9. The van der Waals surface area contributed by atoms with Crippen molar-refractivity contribution in [2.24, 2.45) is 0 Å². The smallest absolute Gasteiger partial charge is 0.170 e. The van der Waals surface area contributed by atoms with Crippen LogP contribution in [0.1, 0.15) is 25.7 Å². The fraction of sp³-hybridized carbons (Fsp3) is 0.636.